The van der Waals surface area contributed by atoms with Crippen molar-refractivity contribution in [3.8, 4) is 11.6 Å². The molecule has 0 bridgehead atoms. The van der Waals surface area contributed by atoms with Crippen LogP contribution in [0.25, 0.3) is 11.6 Å². The summed E-state index contributed by atoms with van der Waals surface area (Å²) in [6.45, 7) is 0. The fraction of sp³-hybridized carbons (Fsp3) is 0. The van der Waals surface area contributed by atoms with Crippen molar-refractivity contribution in [2.45, 2.75) is 0 Å². The Hall–Kier alpha value is -2.26. The molecule has 2 aromatic heterocycles. The molecule has 0 aliphatic carbocycles. The molecule has 0 spiro atoms. The zero-order chi connectivity index (χ0) is 8.55. The van der Waals surface area contributed by atoms with E-state index in [4.69, 9.17) is 11.7 Å². The van der Waals surface area contributed by atoms with Gasteiger partial charge in [-0.2, -0.15) is 0 Å². The second kappa shape index (κ2) is 2.11. The van der Waals surface area contributed by atoms with Crippen LogP contribution in [0, 0.1) is 0 Å². The lowest BCUT2D eigenvalue weighted by atomic mass is 10.6. The third kappa shape index (κ3) is 0.744. The highest BCUT2D eigenvalue weighted by atomic mass is 15.7. The summed E-state index contributed by atoms with van der Waals surface area (Å²) in [5, 5.41) is 20.5. The maximum absolute atomic E-state index is 5.32. The van der Waals surface area contributed by atoms with Gasteiger partial charge in [0.05, 0.1) is 0 Å². The van der Waals surface area contributed by atoms with Gasteiger partial charge in [0.1, 0.15) is 0 Å². The van der Waals surface area contributed by atoms with Crippen LogP contribution in [0.1, 0.15) is 0 Å². The lowest BCUT2D eigenvalue weighted by molar-refractivity contribution is 0.743. The van der Waals surface area contributed by atoms with Crippen LogP contribution in [-0.4, -0.2) is 40.6 Å². The highest BCUT2D eigenvalue weighted by Crippen LogP contribution is 2.04. The Bertz CT molecular complexity index is 344. The van der Waals surface area contributed by atoms with Gasteiger partial charge in [-0.15, -0.1) is 19.8 Å². The number of nitrogens with zero attached hydrogens (tertiary/aromatic N) is 8. The minimum atomic E-state index is 0.197. The van der Waals surface area contributed by atoms with E-state index in [9.17, 15) is 0 Å². The summed E-state index contributed by atoms with van der Waals surface area (Å²) in [6, 6.07) is 0. The van der Waals surface area contributed by atoms with Gasteiger partial charge in [0, 0.05) is 0 Å². The fourth-order valence-electron chi connectivity index (χ4n) is 0.682. The van der Waals surface area contributed by atoms with Gasteiger partial charge in [0.25, 0.3) is 0 Å². The molecule has 0 saturated heterocycles. The second-order valence-electron chi connectivity index (χ2n) is 1.89. The van der Waals surface area contributed by atoms with Crippen molar-refractivity contribution in [3.05, 3.63) is 0 Å². The Labute approximate surface area is 65.1 Å². The molecular weight excluding hydrogens is 164 g/mol. The van der Waals surface area contributed by atoms with E-state index >= 15 is 0 Å². The normalized spacial score (nSPS) is 10.3. The Morgan fingerprint density at radius 2 is 1.25 bits per heavy atom. The van der Waals surface area contributed by atoms with E-state index in [1.165, 1.54) is 0 Å². The van der Waals surface area contributed by atoms with E-state index in [-0.39, 0.29) is 11.6 Å². The van der Waals surface area contributed by atoms with Gasteiger partial charge in [0.15, 0.2) is 0 Å². The molecule has 2 heterocycles. The molecule has 10 heteroatoms. The molecule has 62 valence electrons. The Balaban J connectivity index is 2.57. The van der Waals surface area contributed by atoms with Crippen LogP contribution in [0.4, 0.5) is 0 Å². The summed E-state index contributed by atoms with van der Waals surface area (Å²) in [6.07, 6.45) is 0. The van der Waals surface area contributed by atoms with Crippen molar-refractivity contribution in [1.29, 1.82) is 0 Å². The first kappa shape index (κ1) is 6.45. The van der Waals surface area contributed by atoms with Crippen LogP contribution in [0.2, 0.25) is 0 Å². The first-order chi connectivity index (χ1) is 5.79. The van der Waals surface area contributed by atoms with Crippen LogP contribution in [-0.2, 0) is 0 Å². The first-order valence-corrected chi connectivity index (χ1v) is 2.86. The van der Waals surface area contributed by atoms with Gasteiger partial charge in [-0.25, -0.2) is 0 Å². The van der Waals surface area contributed by atoms with Gasteiger partial charge in [-0.3, -0.25) is 0 Å². The fourth-order valence-corrected chi connectivity index (χ4v) is 0.682. The van der Waals surface area contributed by atoms with E-state index in [1.54, 1.807) is 0 Å². The molecule has 0 aromatic carbocycles. The molecule has 0 aliphatic heterocycles. The number of aromatic nitrogens is 8. The molecule has 0 fully saturated rings. The lowest BCUT2D eigenvalue weighted by Gasteiger charge is -1.93. The summed E-state index contributed by atoms with van der Waals surface area (Å²) < 4.78 is 0. The average Bonchev–Trinajstić information content (AvgIpc) is 2.59. The maximum Gasteiger partial charge on any atom is 0.245 e. The molecule has 0 amide bonds. The average molecular weight is 168 g/mol. The minimum Gasteiger partial charge on any atom is -0.320 e. The van der Waals surface area contributed by atoms with Crippen molar-refractivity contribution in [1.82, 2.24) is 40.6 Å². The summed E-state index contributed by atoms with van der Waals surface area (Å²) in [5.41, 5.74) is 0. The maximum atomic E-state index is 5.32. The van der Waals surface area contributed by atoms with E-state index < -0.39 is 0 Å². The van der Waals surface area contributed by atoms with Crippen molar-refractivity contribution in [2.75, 3.05) is 11.7 Å². The Kier molecular flexibility index (Phi) is 1.14. The number of hydrogen-bond donors (Lipinski definition) is 2. The number of tetrazole rings is 2. The first-order valence-electron chi connectivity index (χ1n) is 2.86. The lowest BCUT2D eigenvalue weighted by Crippen LogP contribution is -2.17. The molecule has 12 heavy (non-hydrogen) atoms. The molecule has 0 radical (unpaired) electrons. The zero-order valence-corrected chi connectivity index (χ0v) is 5.73. The molecule has 0 saturated carbocycles. The number of nitrogens with two attached hydrogens (primary N) is 2. The number of rotatable bonds is 1. The monoisotopic (exact) mass is 168 g/mol. The predicted molar refractivity (Wildman–Crippen MR) is 34.9 cm³/mol. The Morgan fingerprint density at radius 1 is 0.833 bits per heavy atom. The van der Waals surface area contributed by atoms with Gasteiger partial charge in [-0.05, 0) is 20.9 Å². The van der Waals surface area contributed by atoms with Gasteiger partial charge in [-0.1, -0.05) is 0 Å². The predicted octanol–water partition coefficient (Wildman–Crippen LogP) is -3.25. The smallest absolute Gasteiger partial charge is 0.245 e. The van der Waals surface area contributed by atoms with Crippen molar-refractivity contribution >= 4 is 0 Å². The van der Waals surface area contributed by atoms with Gasteiger partial charge >= 0.3 is 0 Å². The molecule has 0 aliphatic rings. The van der Waals surface area contributed by atoms with Gasteiger partial charge < -0.3 is 11.7 Å². The highest BCUT2D eigenvalue weighted by molar-refractivity contribution is 5.40. The molecular formula is C2H4N10. The van der Waals surface area contributed by atoms with Crippen molar-refractivity contribution < 1.29 is 0 Å². The summed E-state index contributed by atoms with van der Waals surface area (Å²) in [4.78, 5) is 1.85. The van der Waals surface area contributed by atoms with Crippen LogP contribution in [0.15, 0.2) is 0 Å². The molecule has 0 unspecified atom stereocenters. The van der Waals surface area contributed by atoms with E-state index in [0.29, 0.717) is 0 Å². The van der Waals surface area contributed by atoms with Crippen LogP contribution in [0.5, 0.6) is 0 Å². The zero-order valence-electron chi connectivity index (χ0n) is 5.73. The standard InChI is InChI=1S/C2H4N10/c3-11-1(5-7-9-11)2-6-8-10-12(2)4/h3-4H2. The minimum absolute atomic E-state index is 0.197. The second-order valence-corrected chi connectivity index (χ2v) is 1.89. The van der Waals surface area contributed by atoms with Crippen molar-refractivity contribution in [2.24, 2.45) is 0 Å². The third-order valence-corrected chi connectivity index (χ3v) is 1.19. The molecule has 0 atom stereocenters. The van der Waals surface area contributed by atoms with E-state index in [1.807, 2.05) is 0 Å². The van der Waals surface area contributed by atoms with Crippen LogP contribution in [0.3, 0.4) is 0 Å². The molecule has 2 rings (SSSR count). The highest BCUT2D eigenvalue weighted by Gasteiger charge is 2.13. The van der Waals surface area contributed by atoms with E-state index in [2.05, 4.69) is 31.1 Å². The molecule has 10 nitrogen and oxygen atoms in total. The number of nitrogen functional groups attached to an aromatic ring is 2. The summed E-state index contributed by atoms with van der Waals surface area (Å²) >= 11 is 0. The molecule has 4 N–H and O–H groups in total. The summed E-state index contributed by atoms with van der Waals surface area (Å²) in [7, 11) is 0. The van der Waals surface area contributed by atoms with Crippen LogP contribution < -0.4 is 11.7 Å². The van der Waals surface area contributed by atoms with Gasteiger partial charge in [0.2, 0.25) is 11.6 Å². The van der Waals surface area contributed by atoms with Crippen LogP contribution >= 0.6 is 0 Å². The largest absolute Gasteiger partial charge is 0.320 e. The third-order valence-electron chi connectivity index (χ3n) is 1.19. The topological polar surface area (TPSA) is 139 Å². The number of hydrogen-bond acceptors (Lipinski definition) is 8. The van der Waals surface area contributed by atoms with E-state index in [0.717, 1.165) is 9.58 Å². The molecule has 2 aromatic rings. The Morgan fingerprint density at radius 3 is 1.50 bits per heavy atom. The quantitative estimate of drug-likeness (QED) is 0.423. The SMILES string of the molecule is Nn1nnnc1-c1nnnn1N. The van der Waals surface area contributed by atoms with Crippen molar-refractivity contribution in [3.63, 3.8) is 0 Å². The summed E-state index contributed by atoms with van der Waals surface area (Å²) in [5.74, 6) is 11.0.